The Hall–Kier alpha value is -0.570. The Labute approximate surface area is 132 Å². The van der Waals surface area contributed by atoms with Crippen LogP contribution in [0.2, 0.25) is 0 Å². The van der Waals surface area contributed by atoms with Crippen LogP contribution in [0.3, 0.4) is 0 Å². The van der Waals surface area contributed by atoms with Gasteiger partial charge < -0.3 is 10.6 Å². The standard InChI is InChI=1S/C18H38N2O/c1-5-6-7-8-9-10-11-12-13-14-15-19-17(4)18(21)20-16(2)3/h16-17,19H,5-15H2,1-4H3,(H,20,21). The predicted molar refractivity (Wildman–Crippen MR) is 92.6 cm³/mol. The largest absolute Gasteiger partial charge is 0.353 e. The topological polar surface area (TPSA) is 41.1 Å². The van der Waals surface area contributed by atoms with Crippen molar-refractivity contribution in [3.05, 3.63) is 0 Å². The van der Waals surface area contributed by atoms with Gasteiger partial charge in [-0.1, -0.05) is 64.7 Å². The molecular formula is C18H38N2O. The van der Waals surface area contributed by atoms with Crippen LogP contribution < -0.4 is 10.6 Å². The van der Waals surface area contributed by atoms with Crippen LogP contribution in [0.1, 0.15) is 91.9 Å². The number of rotatable bonds is 14. The lowest BCUT2D eigenvalue weighted by atomic mass is 10.1. The minimum atomic E-state index is -0.0778. The molecule has 1 amide bonds. The summed E-state index contributed by atoms with van der Waals surface area (Å²) < 4.78 is 0. The molecule has 0 saturated carbocycles. The summed E-state index contributed by atoms with van der Waals surface area (Å²) in [6.45, 7) is 9.14. The number of nitrogens with one attached hydrogen (secondary N) is 2. The predicted octanol–water partition coefficient (Wildman–Crippen LogP) is 4.41. The molecule has 0 radical (unpaired) electrons. The average Bonchev–Trinajstić information content (AvgIpc) is 2.43. The Morgan fingerprint density at radius 2 is 1.29 bits per heavy atom. The molecule has 3 nitrogen and oxygen atoms in total. The summed E-state index contributed by atoms with van der Waals surface area (Å²) in [7, 11) is 0. The zero-order valence-electron chi connectivity index (χ0n) is 14.8. The van der Waals surface area contributed by atoms with E-state index in [2.05, 4.69) is 17.6 Å². The Morgan fingerprint density at radius 1 is 0.810 bits per heavy atom. The summed E-state index contributed by atoms with van der Waals surface area (Å²) in [6.07, 6.45) is 13.5. The molecule has 0 fully saturated rings. The second kappa shape index (κ2) is 14.4. The third-order valence-corrected chi connectivity index (χ3v) is 3.81. The normalized spacial score (nSPS) is 12.6. The lowest BCUT2D eigenvalue weighted by Crippen LogP contribution is -2.44. The summed E-state index contributed by atoms with van der Waals surface area (Å²) in [4.78, 5) is 11.7. The molecule has 0 rings (SSSR count). The number of carbonyl (C=O) groups is 1. The molecular weight excluding hydrogens is 260 g/mol. The highest BCUT2D eigenvalue weighted by Gasteiger charge is 2.11. The summed E-state index contributed by atoms with van der Waals surface area (Å²) in [5.74, 6) is 0.108. The smallest absolute Gasteiger partial charge is 0.237 e. The molecule has 21 heavy (non-hydrogen) atoms. The van der Waals surface area contributed by atoms with Crippen LogP contribution in [0.15, 0.2) is 0 Å². The minimum absolute atomic E-state index is 0.0778. The van der Waals surface area contributed by atoms with Crippen LogP contribution in [0, 0.1) is 0 Å². The number of hydrogen-bond acceptors (Lipinski definition) is 2. The Kier molecular flexibility index (Phi) is 14.0. The molecule has 0 bridgehead atoms. The van der Waals surface area contributed by atoms with Gasteiger partial charge in [0.15, 0.2) is 0 Å². The van der Waals surface area contributed by atoms with Gasteiger partial charge in [-0.3, -0.25) is 4.79 Å². The van der Waals surface area contributed by atoms with E-state index in [1.54, 1.807) is 0 Å². The van der Waals surface area contributed by atoms with E-state index < -0.39 is 0 Å². The molecule has 0 aromatic rings. The molecule has 0 spiro atoms. The summed E-state index contributed by atoms with van der Waals surface area (Å²) in [5.41, 5.74) is 0. The third-order valence-electron chi connectivity index (χ3n) is 3.81. The van der Waals surface area contributed by atoms with Crippen molar-refractivity contribution < 1.29 is 4.79 Å². The number of amides is 1. The van der Waals surface area contributed by atoms with Gasteiger partial charge in [0.25, 0.3) is 0 Å². The first-order valence-corrected chi connectivity index (χ1v) is 9.11. The van der Waals surface area contributed by atoms with E-state index in [-0.39, 0.29) is 18.0 Å². The first-order chi connectivity index (χ1) is 10.1. The first kappa shape index (κ1) is 20.4. The van der Waals surface area contributed by atoms with Gasteiger partial charge in [-0.25, -0.2) is 0 Å². The molecule has 2 N–H and O–H groups in total. The lowest BCUT2D eigenvalue weighted by molar-refractivity contribution is -0.123. The monoisotopic (exact) mass is 298 g/mol. The van der Waals surface area contributed by atoms with Gasteiger partial charge >= 0.3 is 0 Å². The third kappa shape index (κ3) is 14.1. The molecule has 0 saturated heterocycles. The average molecular weight is 299 g/mol. The molecule has 0 aliphatic carbocycles. The van der Waals surface area contributed by atoms with Gasteiger partial charge in [0.05, 0.1) is 6.04 Å². The van der Waals surface area contributed by atoms with Crippen molar-refractivity contribution in [2.75, 3.05) is 6.54 Å². The molecule has 0 aliphatic heterocycles. The second-order valence-corrected chi connectivity index (χ2v) is 6.52. The van der Waals surface area contributed by atoms with Crippen molar-refractivity contribution in [3.63, 3.8) is 0 Å². The molecule has 0 heterocycles. The van der Waals surface area contributed by atoms with E-state index in [0.717, 1.165) is 6.54 Å². The van der Waals surface area contributed by atoms with Crippen LogP contribution in [-0.2, 0) is 4.79 Å². The summed E-state index contributed by atoms with van der Waals surface area (Å²) in [5, 5.41) is 6.23. The van der Waals surface area contributed by atoms with Crippen LogP contribution >= 0.6 is 0 Å². The lowest BCUT2D eigenvalue weighted by Gasteiger charge is -2.15. The summed E-state index contributed by atoms with van der Waals surface area (Å²) in [6, 6.07) is 0.144. The van der Waals surface area contributed by atoms with Crippen LogP contribution in [0.5, 0.6) is 0 Å². The Morgan fingerprint density at radius 3 is 1.76 bits per heavy atom. The molecule has 0 aliphatic rings. The van der Waals surface area contributed by atoms with E-state index in [0.29, 0.717) is 0 Å². The maximum atomic E-state index is 11.7. The van der Waals surface area contributed by atoms with Crippen molar-refractivity contribution in [1.29, 1.82) is 0 Å². The summed E-state index contributed by atoms with van der Waals surface area (Å²) >= 11 is 0. The van der Waals surface area contributed by atoms with E-state index >= 15 is 0 Å². The van der Waals surface area contributed by atoms with Crippen molar-refractivity contribution in [1.82, 2.24) is 10.6 Å². The maximum Gasteiger partial charge on any atom is 0.237 e. The van der Waals surface area contributed by atoms with Crippen LogP contribution in [0.4, 0.5) is 0 Å². The quantitative estimate of drug-likeness (QED) is 0.466. The highest BCUT2D eigenvalue weighted by atomic mass is 16.2. The molecule has 1 unspecified atom stereocenters. The molecule has 126 valence electrons. The zero-order valence-corrected chi connectivity index (χ0v) is 14.8. The number of unbranched alkanes of at least 4 members (excludes halogenated alkanes) is 9. The fraction of sp³-hybridized carbons (Fsp3) is 0.944. The second-order valence-electron chi connectivity index (χ2n) is 6.52. The SMILES string of the molecule is CCCCCCCCCCCCNC(C)C(=O)NC(C)C. The number of carbonyl (C=O) groups excluding carboxylic acids is 1. The first-order valence-electron chi connectivity index (χ1n) is 9.11. The zero-order chi connectivity index (χ0) is 15.9. The highest BCUT2D eigenvalue weighted by Crippen LogP contribution is 2.10. The van der Waals surface area contributed by atoms with Gasteiger partial charge in [-0.15, -0.1) is 0 Å². The van der Waals surface area contributed by atoms with Gasteiger partial charge in [0.1, 0.15) is 0 Å². The van der Waals surface area contributed by atoms with Crippen LogP contribution in [-0.4, -0.2) is 24.5 Å². The maximum absolute atomic E-state index is 11.7. The van der Waals surface area contributed by atoms with Crippen molar-refractivity contribution >= 4 is 5.91 Å². The molecule has 0 aromatic carbocycles. The minimum Gasteiger partial charge on any atom is -0.353 e. The van der Waals surface area contributed by atoms with Gasteiger partial charge in [0, 0.05) is 6.04 Å². The van der Waals surface area contributed by atoms with Gasteiger partial charge in [-0.2, -0.15) is 0 Å². The molecule has 3 heteroatoms. The fourth-order valence-electron chi connectivity index (χ4n) is 2.43. The van der Waals surface area contributed by atoms with E-state index in [1.807, 2.05) is 20.8 Å². The number of hydrogen-bond donors (Lipinski definition) is 2. The van der Waals surface area contributed by atoms with E-state index in [9.17, 15) is 4.79 Å². The van der Waals surface area contributed by atoms with Crippen LogP contribution in [0.25, 0.3) is 0 Å². The molecule has 0 aromatic heterocycles. The van der Waals surface area contributed by atoms with Gasteiger partial charge in [0.2, 0.25) is 5.91 Å². The highest BCUT2D eigenvalue weighted by molar-refractivity contribution is 5.81. The van der Waals surface area contributed by atoms with E-state index in [4.69, 9.17) is 0 Å². The molecule has 1 atom stereocenters. The Bertz CT molecular complexity index is 241. The Balaban J connectivity index is 3.26. The van der Waals surface area contributed by atoms with Crippen molar-refractivity contribution in [2.45, 2.75) is 104 Å². The fourth-order valence-corrected chi connectivity index (χ4v) is 2.43. The van der Waals surface area contributed by atoms with Crippen molar-refractivity contribution in [3.8, 4) is 0 Å². The van der Waals surface area contributed by atoms with E-state index in [1.165, 1.54) is 64.2 Å². The van der Waals surface area contributed by atoms with Crippen molar-refractivity contribution in [2.24, 2.45) is 0 Å². The van der Waals surface area contributed by atoms with Gasteiger partial charge in [-0.05, 0) is 33.7 Å².